The van der Waals surface area contributed by atoms with Crippen LogP contribution in [-0.2, 0) is 9.59 Å². The Hall–Kier alpha value is -1.60. The Kier molecular flexibility index (Phi) is 3.39. The molecule has 0 aromatic heterocycles. The maximum absolute atomic E-state index is 11.5. The summed E-state index contributed by atoms with van der Waals surface area (Å²) in [7, 11) is 0. The average molecular weight is 309 g/mol. The van der Waals surface area contributed by atoms with E-state index < -0.39 is 5.97 Å². The number of carbonyl (C=O) groups is 2. The van der Waals surface area contributed by atoms with Gasteiger partial charge in [0, 0.05) is 4.90 Å². The van der Waals surface area contributed by atoms with Gasteiger partial charge in [-0.25, -0.2) is 4.79 Å². The van der Waals surface area contributed by atoms with Crippen LogP contribution in [0.3, 0.4) is 0 Å². The molecule has 2 aliphatic rings. The van der Waals surface area contributed by atoms with Crippen molar-refractivity contribution in [2.75, 3.05) is 6.26 Å². The minimum Gasteiger partial charge on any atom is -0.476 e. The molecule has 104 valence electrons. The molecule has 2 heterocycles. The minimum atomic E-state index is -1.14. The molecule has 0 bridgehead atoms. The van der Waals surface area contributed by atoms with Gasteiger partial charge in [0.2, 0.25) is 5.91 Å². The van der Waals surface area contributed by atoms with E-state index in [9.17, 15) is 14.7 Å². The molecule has 1 atom stereocenters. The van der Waals surface area contributed by atoms with Gasteiger partial charge in [-0.3, -0.25) is 9.69 Å². The highest BCUT2D eigenvalue weighted by molar-refractivity contribution is 8.03. The predicted octanol–water partition coefficient (Wildman–Crippen LogP) is 2.35. The molecule has 2 aliphatic heterocycles. The van der Waals surface area contributed by atoms with E-state index in [0.29, 0.717) is 12.2 Å². The number of hydrogen-bond acceptors (Lipinski definition) is 5. The Morgan fingerprint density at radius 1 is 1.45 bits per heavy atom. The van der Waals surface area contributed by atoms with Gasteiger partial charge in [0.15, 0.2) is 10.8 Å². The minimum absolute atomic E-state index is 0.0507. The van der Waals surface area contributed by atoms with Gasteiger partial charge >= 0.3 is 5.97 Å². The lowest BCUT2D eigenvalue weighted by molar-refractivity contribution is -0.145. The van der Waals surface area contributed by atoms with Crippen LogP contribution >= 0.6 is 23.5 Å². The summed E-state index contributed by atoms with van der Waals surface area (Å²) in [6.45, 7) is 0. The molecule has 3 rings (SSSR count). The molecule has 0 saturated carbocycles. The SMILES string of the molecule is CSc1ccc(OC2=C(C(=O)O)N3C(=O)CC3S2)cc1. The van der Waals surface area contributed by atoms with E-state index in [1.807, 2.05) is 18.4 Å². The van der Waals surface area contributed by atoms with Gasteiger partial charge in [0.05, 0.1) is 11.8 Å². The third kappa shape index (κ3) is 2.16. The second-order valence-corrected chi connectivity index (χ2v) is 6.29. The fourth-order valence-electron chi connectivity index (χ4n) is 2.04. The Bertz CT molecular complexity index is 611. The van der Waals surface area contributed by atoms with Crippen LogP contribution in [0.1, 0.15) is 6.42 Å². The van der Waals surface area contributed by atoms with Gasteiger partial charge < -0.3 is 9.84 Å². The number of carboxylic acids is 1. The van der Waals surface area contributed by atoms with Crippen LogP contribution in [0.25, 0.3) is 0 Å². The first kappa shape index (κ1) is 13.4. The number of amides is 1. The van der Waals surface area contributed by atoms with Crippen LogP contribution in [-0.4, -0.2) is 33.5 Å². The van der Waals surface area contributed by atoms with Crippen LogP contribution in [0.4, 0.5) is 0 Å². The number of thioether (sulfide) groups is 2. The first-order valence-electron chi connectivity index (χ1n) is 5.88. The van der Waals surface area contributed by atoms with E-state index in [4.69, 9.17) is 4.74 Å². The molecule has 1 fully saturated rings. The summed E-state index contributed by atoms with van der Waals surface area (Å²) in [6.07, 6.45) is 2.34. The van der Waals surface area contributed by atoms with E-state index in [-0.39, 0.29) is 22.1 Å². The predicted molar refractivity (Wildman–Crippen MR) is 76.4 cm³/mol. The normalized spacial score (nSPS) is 20.8. The van der Waals surface area contributed by atoms with Crippen molar-refractivity contribution in [1.29, 1.82) is 0 Å². The number of aliphatic carboxylic acids is 1. The summed E-state index contributed by atoms with van der Waals surface area (Å²) in [6, 6.07) is 7.38. The van der Waals surface area contributed by atoms with E-state index in [1.54, 1.807) is 23.9 Å². The largest absolute Gasteiger partial charge is 0.476 e. The molecule has 20 heavy (non-hydrogen) atoms. The quantitative estimate of drug-likeness (QED) is 0.680. The molecule has 1 unspecified atom stereocenters. The zero-order valence-corrected chi connectivity index (χ0v) is 12.2. The highest BCUT2D eigenvalue weighted by atomic mass is 32.2. The molecule has 5 nitrogen and oxygen atoms in total. The monoisotopic (exact) mass is 309 g/mol. The first-order valence-corrected chi connectivity index (χ1v) is 7.99. The summed E-state index contributed by atoms with van der Waals surface area (Å²) >= 11 is 2.90. The average Bonchev–Trinajstić information content (AvgIpc) is 2.72. The molecule has 1 saturated heterocycles. The Balaban J connectivity index is 1.85. The number of rotatable bonds is 4. The molecule has 0 spiro atoms. The molecule has 1 N–H and O–H groups in total. The fraction of sp³-hybridized carbons (Fsp3) is 0.231. The maximum atomic E-state index is 11.5. The molecule has 1 aromatic rings. The summed E-state index contributed by atoms with van der Waals surface area (Å²) in [5, 5.41) is 9.39. The number of nitrogens with zero attached hydrogens (tertiary/aromatic N) is 1. The Morgan fingerprint density at radius 2 is 2.15 bits per heavy atom. The molecule has 1 aromatic carbocycles. The number of ether oxygens (including phenoxy) is 1. The van der Waals surface area contributed by atoms with Crippen LogP contribution in [0.15, 0.2) is 39.9 Å². The van der Waals surface area contributed by atoms with Crippen LogP contribution in [0, 0.1) is 0 Å². The second-order valence-electron chi connectivity index (χ2n) is 4.26. The van der Waals surface area contributed by atoms with E-state index in [2.05, 4.69) is 0 Å². The molecular weight excluding hydrogens is 298 g/mol. The number of hydrogen-bond donors (Lipinski definition) is 1. The third-order valence-electron chi connectivity index (χ3n) is 3.06. The lowest BCUT2D eigenvalue weighted by Gasteiger charge is -2.33. The number of benzene rings is 1. The van der Waals surface area contributed by atoms with Crippen LogP contribution in [0.5, 0.6) is 5.75 Å². The maximum Gasteiger partial charge on any atom is 0.357 e. The number of β-lactam (4-membered cyclic amide) rings is 1. The van der Waals surface area contributed by atoms with Gasteiger partial charge in [-0.15, -0.1) is 11.8 Å². The highest BCUT2D eigenvalue weighted by Gasteiger charge is 2.49. The van der Waals surface area contributed by atoms with E-state index >= 15 is 0 Å². The number of carboxylic acid groups (broad SMARTS) is 1. The Morgan fingerprint density at radius 3 is 2.70 bits per heavy atom. The standard InChI is InChI=1S/C13H11NO4S2/c1-19-8-4-2-7(3-5-8)18-13-11(12(16)17)14-9(15)6-10(14)20-13/h2-5,10H,6H2,1H3,(H,16,17). The van der Waals surface area contributed by atoms with Crippen LogP contribution in [0.2, 0.25) is 0 Å². The number of carbonyl (C=O) groups excluding carboxylic acids is 1. The summed E-state index contributed by atoms with van der Waals surface area (Å²) in [5.74, 6) is -0.737. The van der Waals surface area contributed by atoms with E-state index in [0.717, 1.165) is 4.90 Å². The fourth-order valence-corrected chi connectivity index (χ4v) is 3.69. The van der Waals surface area contributed by atoms with Gasteiger partial charge in [-0.1, -0.05) is 11.8 Å². The van der Waals surface area contributed by atoms with E-state index in [1.165, 1.54) is 16.7 Å². The number of fused-ring (bicyclic) bond motifs is 1. The van der Waals surface area contributed by atoms with Crippen molar-refractivity contribution >= 4 is 35.4 Å². The van der Waals surface area contributed by atoms with Crippen LogP contribution < -0.4 is 4.74 Å². The molecule has 0 aliphatic carbocycles. The summed E-state index contributed by atoms with van der Waals surface area (Å²) < 4.78 is 5.64. The van der Waals surface area contributed by atoms with Gasteiger partial charge in [-0.2, -0.15) is 0 Å². The molecule has 7 heteroatoms. The zero-order chi connectivity index (χ0) is 14.3. The Labute approximate surface area is 124 Å². The van der Waals surface area contributed by atoms with Gasteiger partial charge in [-0.05, 0) is 30.5 Å². The summed E-state index contributed by atoms with van der Waals surface area (Å²) in [5.41, 5.74) is -0.0507. The molecule has 1 amide bonds. The van der Waals surface area contributed by atoms with Crippen molar-refractivity contribution in [3.63, 3.8) is 0 Å². The lowest BCUT2D eigenvalue weighted by Crippen LogP contribution is -2.48. The molecule has 0 radical (unpaired) electrons. The lowest BCUT2D eigenvalue weighted by atomic mass is 10.2. The van der Waals surface area contributed by atoms with Gasteiger partial charge in [0.25, 0.3) is 0 Å². The van der Waals surface area contributed by atoms with Gasteiger partial charge in [0.1, 0.15) is 5.75 Å². The topological polar surface area (TPSA) is 66.8 Å². The smallest absolute Gasteiger partial charge is 0.357 e. The highest BCUT2D eigenvalue weighted by Crippen LogP contribution is 2.46. The molecular formula is C13H11NO4S2. The summed E-state index contributed by atoms with van der Waals surface area (Å²) in [4.78, 5) is 25.1. The van der Waals surface area contributed by atoms with Crippen molar-refractivity contribution < 1.29 is 19.4 Å². The van der Waals surface area contributed by atoms with Crippen molar-refractivity contribution in [3.05, 3.63) is 35.1 Å². The van der Waals surface area contributed by atoms with Crippen molar-refractivity contribution in [2.24, 2.45) is 0 Å². The van der Waals surface area contributed by atoms with Crippen molar-refractivity contribution in [2.45, 2.75) is 16.7 Å². The third-order valence-corrected chi connectivity index (χ3v) is 4.94. The zero-order valence-electron chi connectivity index (χ0n) is 10.5. The first-order chi connectivity index (χ1) is 9.60. The van der Waals surface area contributed by atoms with Crippen molar-refractivity contribution in [3.8, 4) is 5.75 Å². The second kappa shape index (κ2) is 5.06. The van der Waals surface area contributed by atoms with Crippen molar-refractivity contribution in [1.82, 2.24) is 4.90 Å².